The number of rotatable bonds is 5. The Morgan fingerprint density at radius 1 is 0.962 bits per heavy atom. The van der Waals surface area contributed by atoms with Crippen molar-refractivity contribution in [2.24, 2.45) is 0 Å². The first-order chi connectivity index (χ1) is 12.7. The molecule has 0 unspecified atom stereocenters. The molecule has 0 saturated carbocycles. The van der Waals surface area contributed by atoms with E-state index in [2.05, 4.69) is 10.6 Å². The average Bonchev–Trinajstić information content (AvgIpc) is 3.16. The zero-order valence-electron chi connectivity index (χ0n) is 13.7. The molecule has 0 spiro atoms. The molecule has 0 aliphatic carbocycles. The molecular weight excluding hydrogens is 364 g/mol. The molecule has 130 valence electrons. The van der Waals surface area contributed by atoms with Crippen LogP contribution in [0.5, 0.6) is 11.5 Å². The Morgan fingerprint density at radius 3 is 2.38 bits per heavy atom. The maximum Gasteiger partial charge on any atom is 0.250 e. The molecule has 0 bridgehead atoms. The van der Waals surface area contributed by atoms with Gasteiger partial charge in [0.15, 0.2) is 5.11 Å². The molecular formula is C20H16N2O2S2. The van der Waals surface area contributed by atoms with Crippen molar-refractivity contribution in [3.8, 4) is 11.5 Å². The molecule has 0 radical (unpaired) electrons. The van der Waals surface area contributed by atoms with Crippen molar-refractivity contribution in [2.45, 2.75) is 0 Å². The number of ether oxygens (including phenoxy) is 1. The van der Waals surface area contributed by atoms with Crippen LogP contribution in [-0.2, 0) is 4.79 Å². The van der Waals surface area contributed by atoms with Crippen molar-refractivity contribution in [1.29, 1.82) is 0 Å². The molecule has 2 N–H and O–H groups in total. The lowest BCUT2D eigenvalue weighted by Crippen LogP contribution is -2.32. The van der Waals surface area contributed by atoms with Crippen LogP contribution in [0.1, 0.15) is 4.88 Å². The largest absolute Gasteiger partial charge is 0.457 e. The Bertz CT molecular complexity index is 889. The van der Waals surface area contributed by atoms with Crippen LogP contribution in [0.25, 0.3) is 6.08 Å². The van der Waals surface area contributed by atoms with Crippen molar-refractivity contribution < 1.29 is 9.53 Å². The minimum Gasteiger partial charge on any atom is -0.457 e. The molecule has 6 heteroatoms. The third-order valence-electron chi connectivity index (χ3n) is 3.27. The van der Waals surface area contributed by atoms with E-state index >= 15 is 0 Å². The summed E-state index contributed by atoms with van der Waals surface area (Å²) in [5, 5.41) is 7.77. The highest BCUT2D eigenvalue weighted by Gasteiger charge is 2.03. The molecule has 0 aliphatic heterocycles. The second kappa shape index (κ2) is 8.94. The summed E-state index contributed by atoms with van der Waals surface area (Å²) in [6, 6.07) is 20.7. The predicted molar refractivity (Wildman–Crippen MR) is 111 cm³/mol. The number of carbonyl (C=O) groups is 1. The summed E-state index contributed by atoms with van der Waals surface area (Å²) in [5.41, 5.74) is 0.762. The zero-order valence-corrected chi connectivity index (χ0v) is 15.3. The van der Waals surface area contributed by atoms with Crippen LogP contribution in [0.4, 0.5) is 5.69 Å². The number of nitrogens with one attached hydrogen (secondary N) is 2. The summed E-state index contributed by atoms with van der Waals surface area (Å²) >= 11 is 6.72. The number of hydrogen-bond donors (Lipinski definition) is 2. The summed E-state index contributed by atoms with van der Waals surface area (Å²) < 4.78 is 5.73. The van der Waals surface area contributed by atoms with Gasteiger partial charge >= 0.3 is 0 Å². The van der Waals surface area contributed by atoms with E-state index in [4.69, 9.17) is 17.0 Å². The van der Waals surface area contributed by atoms with Crippen LogP contribution in [-0.4, -0.2) is 11.0 Å². The lowest BCUT2D eigenvalue weighted by molar-refractivity contribution is -0.115. The van der Waals surface area contributed by atoms with Gasteiger partial charge in [-0.15, -0.1) is 11.3 Å². The molecule has 2 aromatic carbocycles. The normalized spacial score (nSPS) is 10.5. The summed E-state index contributed by atoms with van der Waals surface area (Å²) in [4.78, 5) is 12.9. The Balaban J connectivity index is 1.50. The summed E-state index contributed by atoms with van der Waals surface area (Å²) in [5.74, 6) is 1.21. The topological polar surface area (TPSA) is 50.4 Å². The number of amides is 1. The number of thiophene rings is 1. The molecule has 1 aromatic heterocycles. The SMILES string of the molecule is O=C(C=Cc1cccs1)NC(=S)Nc1ccc(Oc2ccccc2)cc1. The minimum atomic E-state index is -0.278. The van der Waals surface area contributed by atoms with E-state index in [1.807, 2.05) is 72.1 Å². The fourth-order valence-electron chi connectivity index (χ4n) is 2.09. The number of para-hydroxylation sites is 1. The maximum atomic E-state index is 11.9. The first kappa shape index (κ1) is 17.8. The predicted octanol–water partition coefficient (Wildman–Crippen LogP) is 5.07. The van der Waals surface area contributed by atoms with Crippen molar-refractivity contribution in [3.63, 3.8) is 0 Å². The zero-order chi connectivity index (χ0) is 18.2. The molecule has 1 heterocycles. The standard InChI is InChI=1S/C20H16N2O2S2/c23-19(13-12-18-7-4-14-26-18)22-20(25)21-15-8-10-17(11-9-15)24-16-5-2-1-3-6-16/h1-14H,(H2,21,22,23,25). The van der Waals surface area contributed by atoms with Gasteiger partial charge in [0.25, 0.3) is 0 Å². The summed E-state index contributed by atoms with van der Waals surface area (Å²) in [6.45, 7) is 0. The van der Waals surface area contributed by atoms with Gasteiger partial charge in [0.2, 0.25) is 5.91 Å². The quantitative estimate of drug-likeness (QED) is 0.479. The second-order valence-electron chi connectivity index (χ2n) is 5.23. The Labute approximate surface area is 161 Å². The number of benzene rings is 2. The lowest BCUT2D eigenvalue weighted by Gasteiger charge is -2.09. The Morgan fingerprint density at radius 2 is 1.69 bits per heavy atom. The highest BCUT2D eigenvalue weighted by molar-refractivity contribution is 7.80. The van der Waals surface area contributed by atoms with Gasteiger partial charge in [0.05, 0.1) is 0 Å². The molecule has 0 fully saturated rings. The number of anilines is 1. The Kier molecular flexibility index (Phi) is 6.14. The van der Waals surface area contributed by atoms with E-state index < -0.39 is 0 Å². The highest BCUT2D eigenvalue weighted by atomic mass is 32.1. The second-order valence-corrected chi connectivity index (χ2v) is 6.62. The van der Waals surface area contributed by atoms with E-state index in [1.54, 1.807) is 17.4 Å². The number of hydrogen-bond acceptors (Lipinski definition) is 4. The molecule has 0 aliphatic rings. The van der Waals surface area contributed by atoms with E-state index in [1.165, 1.54) is 6.08 Å². The van der Waals surface area contributed by atoms with Crippen LogP contribution in [0.2, 0.25) is 0 Å². The third-order valence-corrected chi connectivity index (χ3v) is 4.31. The first-order valence-electron chi connectivity index (χ1n) is 7.85. The van der Waals surface area contributed by atoms with Crippen molar-refractivity contribution >= 4 is 46.3 Å². The molecule has 0 saturated heterocycles. The van der Waals surface area contributed by atoms with Crippen LogP contribution in [0.3, 0.4) is 0 Å². The molecule has 26 heavy (non-hydrogen) atoms. The monoisotopic (exact) mass is 380 g/mol. The van der Waals surface area contributed by atoms with E-state index in [-0.39, 0.29) is 11.0 Å². The molecule has 3 aromatic rings. The van der Waals surface area contributed by atoms with E-state index in [0.717, 1.165) is 22.1 Å². The average molecular weight is 380 g/mol. The number of thiocarbonyl (C=S) groups is 1. The van der Waals surface area contributed by atoms with Gasteiger partial charge in [-0.05, 0) is 66.1 Å². The smallest absolute Gasteiger partial charge is 0.250 e. The molecule has 0 atom stereocenters. The van der Waals surface area contributed by atoms with Gasteiger partial charge in [-0.2, -0.15) is 0 Å². The fourth-order valence-corrected chi connectivity index (χ4v) is 2.93. The van der Waals surface area contributed by atoms with Gasteiger partial charge in [-0.3, -0.25) is 10.1 Å². The van der Waals surface area contributed by atoms with Crippen molar-refractivity contribution in [2.75, 3.05) is 5.32 Å². The van der Waals surface area contributed by atoms with E-state index in [0.29, 0.717) is 0 Å². The van der Waals surface area contributed by atoms with Gasteiger partial charge in [0.1, 0.15) is 11.5 Å². The van der Waals surface area contributed by atoms with Gasteiger partial charge in [0, 0.05) is 16.6 Å². The summed E-state index contributed by atoms with van der Waals surface area (Å²) in [6.07, 6.45) is 3.20. The number of carbonyl (C=O) groups excluding carboxylic acids is 1. The minimum absolute atomic E-state index is 0.238. The molecule has 3 rings (SSSR count). The molecule has 1 amide bonds. The summed E-state index contributed by atoms with van der Waals surface area (Å²) in [7, 11) is 0. The van der Waals surface area contributed by atoms with Crippen LogP contribution in [0.15, 0.2) is 78.2 Å². The fraction of sp³-hybridized carbons (Fsp3) is 0. The first-order valence-corrected chi connectivity index (χ1v) is 9.14. The lowest BCUT2D eigenvalue weighted by atomic mass is 10.3. The van der Waals surface area contributed by atoms with Crippen molar-refractivity contribution in [3.05, 3.63) is 83.1 Å². The third kappa shape index (κ3) is 5.54. The van der Waals surface area contributed by atoms with Gasteiger partial charge in [-0.1, -0.05) is 24.3 Å². The van der Waals surface area contributed by atoms with Crippen LogP contribution < -0.4 is 15.4 Å². The highest BCUT2D eigenvalue weighted by Crippen LogP contribution is 2.22. The van der Waals surface area contributed by atoms with Crippen LogP contribution in [0, 0.1) is 0 Å². The van der Waals surface area contributed by atoms with Crippen molar-refractivity contribution in [1.82, 2.24) is 5.32 Å². The van der Waals surface area contributed by atoms with E-state index in [9.17, 15) is 4.79 Å². The maximum absolute atomic E-state index is 11.9. The van der Waals surface area contributed by atoms with Crippen LogP contribution >= 0.6 is 23.6 Å². The molecule has 4 nitrogen and oxygen atoms in total. The Hall–Kier alpha value is -2.96. The van der Waals surface area contributed by atoms with Gasteiger partial charge in [-0.25, -0.2) is 0 Å². The van der Waals surface area contributed by atoms with Gasteiger partial charge < -0.3 is 10.1 Å².